The Morgan fingerprint density at radius 2 is 1.65 bits per heavy atom. The zero-order chi connectivity index (χ0) is 38.8. The molecule has 13 nitrogen and oxygen atoms in total. The molecule has 0 bridgehead atoms. The van der Waals surface area contributed by atoms with E-state index < -0.39 is 81.3 Å². The first-order valence-corrected chi connectivity index (χ1v) is 18.6. The minimum absolute atomic E-state index is 0.0181. The van der Waals surface area contributed by atoms with E-state index in [-0.39, 0.29) is 53.5 Å². The fourth-order valence-corrected chi connectivity index (χ4v) is 8.38. The fraction of sp³-hybridized carbons (Fsp3) is 0.189. The molecule has 1 unspecified atom stereocenters. The Morgan fingerprint density at radius 3 is 2.38 bits per heavy atom. The van der Waals surface area contributed by atoms with E-state index in [1.165, 1.54) is 6.20 Å². The summed E-state index contributed by atoms with van der Waals surface area (Å²) in [6, 6.07) is 14.4. The van der Waals surface area contributed by atoms with Crippen LogP contribution in [0.5, 0.6) is 0 Å². The van der Waals surface area contributed by atoms with Crippen LogP contribution < -0.4 is 21.0 Å². The number of amides is 4. The zero-order valence-electron chi connectivity index (χ0n) is 28.6. The van der Waals surface area contributed by atoms with Crippen LogP contribution in [0.4, 0.5) is 18.9 Å². The quantitative estimate of drug-likeness (QED) is 0.116. The van der Waals surface area contributed by atoms with Crippen molar-refractivity contribution in [1.82, 2.24) is 24.5 Å². The number of nitrogens with one attached hydrogen (secondary N) is 3. The Kier molecular flexibility index (Phi) is 8.88. The number of aromatic amines is 1. The van der Waals surface area contributed by atoms with Crippen LogP contribution in [0.25, 0.3) is 22.2 Å². The predicted octanol–water partition coefficient (Wildman–Crippen LogP) is 2.23. The van der Waals surface area contributed by atoms with E-state index in [0.717, 1.165) is 32.3 Å². The van der Waals surface area contributed by atoms with Gasteiger partial charge in [0.2, 0.25) is 17.6 Å². The predicted molar refractivity (Wildman–Crippen MR) is 194 cm³/mol. The van der Waals surface area contributed by atoms with Gasteiger partial charge in [0.05, 0.1) is 22.4 Å². The van der Waals surface area contributed by atoms with Gasteiger partial charge in [-0.1, -0.05) is 47.3 Å². The lowest BCUT2D eigenvalue weighted by atomic mass is 9.63. The second kappa shape index (κ2) is 13.6. The molecule has 5 aromatic rings. The number of ketones is 1. The number of pyridine rings is 1. The first-order chi connectivity index (χ1) is 26.3. The lowest BCUT2D eigenvalue weighted by molar-refractivity contribution is -0.136. The summed E-state index contributed by atoms with van der Waals surface area (Å²) >= 11 is 0. The lowest BCUT2D eigenvalue weighted by Crippen LogP contribution is -2.54. The smallest absolute Gasteiger partial charge is 0.301 e. The van der Waals surface area contributed by atoms with Crippen LogP contribution in [-0.4, -0.2) is 89.6 Å². The van der Waals surface area contributed by atoms with Gasteiger partial charge in [0.15, 0.2) is 13.1 Å². The van der Waals surface area contributed by atoms with Crippen LogP contribution in [0, 0.1) is 11.6 Å². The van der Waals surface area contributed by atoms with Gasteiger partial charge in [-0.2, -0.15) is 12.7 Å². The summed E-state index contributed by atoms with van der Waals surface area (Å²) in [4.78, 5) is 72.0. The fourth-order valence-electron chi connectivity index (χ4n) is 7.11. The van der Waals surface area contributed by atoms with Gasteiger partial charge in [-0.25, -0.2) is 18.2 Å². The highest BCUT2D eigenvalue weighted by molar-refractivity contribution is 7.90. The van der Waals surface area contributed by atoms with Crippen molar-refractivity contribution in [3.05, 3.63) is 107 Å². The minimum atomic E-state index is -4.38. The van der Waals surface area contributed by atoms with E-state index in [1.54, 1.807) is 42.6 Å². The number of aromatic nitrogens is 2. The highest BCUT2D eigenvalue weighted by Crippen LogP contribution is 2.31. The van der Waals surface area contributed by atoms with E-state index in [0.29, 0.717) is 18.4 Å². The summed E-state index contributed by atoms with van der Waals surface area (Å²) in [5.74, 6) is -6.03. The van der Waals surface area contributed by atoms with Crippen molar-refractivity contribution in [2.75, 3.05) is 17.8 Å². The summed E-state index contributed by atoms with van der Waals surface area (Å²) in [7, 11) is -3.99. The van der Waals surface area contributed by atoms with Crippen molar-refractivity contribution in [2.24, 2.45) is 0 Å². The van der Waals surface area contributed by atoms with Gasteiger partial charge < -0.3 is 4.98 Å². The molecule has 5 heterocycles. The topological polar surface area (TPSA) is 179 Å². The Bertz CT molecular complexity index is 2600. The van der Waals surface area contributed by atoms with E-state index in [1.807, 2.05) is 16.9 Å². The van der Waals surface area contributed by atoms with Gasteiger partial charge >= 0.3 is 10.2 Å². The molecule has 2 aromatic heterocycles. The zero-order valence-corrected chi connectivity index (χ0v) is 29.4. The second-order valence-corrected chi connectivity index (χ2v) is 15.2. The van der Waals surface area contributed by atoms with Gasteiger partial charge in [0.25, 0.3) is 11.8 Å². The van der Waals surface area contributed by atoms with E-state index in [9.17, 15) is 36.8 Å². The molecule has 8 rings (SSSR count). The number of nitrogens with zero attached hydrogens (tertiary/aromatic N) is 3. The number of hydrogen-bond donors (Lipinski definition) is 3. The first-order valence-electron chi connectivity index (χ1n) is 17.1. The largest absolute Gasteiger partial charge is 0.345 e. The SMILES string of the molecule is O=C1CCC(N2C(=O)c3ccc(Bc4ccc(-c5cnc6[nH]cc(C(=O)c7c(F)ccc(NS(=O)(=O)N8CC[C@@H](F)C8)c7F)c6c5)cc4)cc3C2=O)C(=O)N1. The normalized spacial score (nSPS) is 18.9. The number of hydrogen-bond acceptors (Lipinski definition) is 8. The molecule has 0 spiro atoms. The molecule has 0 aliphatic carbocycles. The van der Waals surface area contributed by atoms with Crippen molar-refractivity contribution in [3.63, 3.8) is 0 Å². The number of H-pyrrole nitrogens is 1. The Labute approximate surface area is 311 Å². The summed E-state index contributed by atoms with van der Waals surface area (Å²) in [6.45, 7) is -0.529. The summed E-state index contributed by atoms with van der Waals surface area (Å²) in [5.41, 5.74) is 1.70. The maximum Gasteiger partial charge on any atom is 0.301 e. The van der Waals surface area contributed by atoms with Crippen LogP contribution in [0.15, 0.2) is 73.1 Å². The highest BCUT2D eigenvalue weighted by Gasteiger charge is 2.44. The summed E-state index contributed by atoms with van der Waals surface area (Å²) in [6.07, 6.45) is 1.50. The highest BCUT2D eigenvalue weighted by atomic mass is 32.2. The number of alkyl halides is 1. The van der Waals surface area contributed by atoms with Gasteiger partial charge in [-0.3, -0.25) is 38.9 Å². The van der Waals surface area contributed by atoms with Gasteiger partial charge in [0, 0.05) is 48.4 Å². The van der Waals surface area contributed by atoms with E-state index >= 15 is 8.78 Å². The standard InChI is InChI=1S/C37H28BF3N6O7S/c39-22-11-12-46(17-22)55(53,54)45-28-8-7-27(40)31(32(28)41)33(49)26-16-43-34-24(26)13-19(15-42-34)18-1-3-20(4-2-18)38-21-5-6-23-25(14-21)37(52)47(36(23)51)29-9-10-30(48)44-35(29)50/h1-8,13-16,22,29,38,45H,9-12,17H2,(H,42,43)(H,44,48,50)/t22-,29?/m1/s1. The monoisotopic (exact) mass is 768 g/mol. The van der Waals surface area contributed by atoms with Crippen molar-refractivity contribution >= 4 is 74.5 Å². The molecule has 2 atom stereocenters. The third-order valence-corrected chi connectivity index (χ3v) is 11.5. The molecule has 2 fully saturated rings. The number of benzene rings is 3. The van der Waals surface area contributed by atoms with Crippen LogP contribution in [0.1, 0.15) is 55.9 Å². The molecule has 4 amide bonds. The number of fused-ring (bicyclic) bond motifs is 2. The van der Waals surface area contributed by atoms with Crippen LogP contribution in [-0.2, 0) is 19.8 Å². The number of carbonyl (C=O) groups excluding carboxylic acids is 5. The number of piperidine rings is 1. The maximum absolute atomic E-state index is 15.7. The Morgan fingerprint density at radius 1 is 0.909 bits per heavy atom. The average Bonchev–Trinajstić information content (AvgIpc) is 3.86. The molecule has 3 aromatic carbocycles. The number of imide groups is 2. The van der Waals surface area contributed by atoms with Crippen molar-refractivity contribution in [1.29, 1.82) is 0 Å². The Balaban J connectivity index is 1.01. The molecule has 3 aliphatic rings. The van der Waals surface area contributed by atoms with Crippen molar-refractivity contribution in [2.45, 2.75) is 31.5 Å². The van der Waals surface area contributed by atoms with Crippen LogP contribution in [0.3, 0.4) is 0 Å². The molecular formula is C37H28BF3N6O7S. The number of carbonyl (C=O) groups is 5. The number of rotatable bonds is 9. The molecular weight excluding hydrogens is 740 g/mol. The van der Waals surface area contributed by atoms with Crippen molar-refractivity contribution < 1.29 is 45.6 Å². The number of halogens is 3. The van der Waals surface area contributed by atoms with E-state index in [4.69, 9.17) is 0 Å². The third-order valence-electron chi connectivity index (χ3n) is 9.97. The second-order valence-electron chi connectivity index (χ2n) is 13.5. The Hall–Kier alpha value is -6.14. The average molecular weight is 769 g/mol. The van der Waals surface area contributed by atoms with Gasteiger partial charge in [-0.15, -0.1) is 0 Å². The molecule has 3 aliphatic heterocycles. The summed E-state index contributed by atoms with van der Waals surface area (Å²) in [5, 5.41) is 2.43. The molecule has 0 radical (unpaired) electrons. The van der Waals surface area contributed by atoms with E-state index in [2.05, 4.69) is 15.3 Å². The molecule has 55 heavy (non-hydrogen) atoms. The molecule has 18 heteroatoms. The van der Waals surface area contributed by atoms with Crippen LogP contribution in [0.2, 0.25) is 0 Å². The molecule has 0 saturated carbocycles. The van der Waals surface area contributed by atoms with Gasteiger partial charge in [0.1, 0.15) is 23.7 Å². The van der Waals surface area contributed by atoms with Crippen molar-refractivity contribution in [3.8, 4) is 11.1 Å². The minimum Gasteiger partial charge on any atom is -0.345 e. The molecule has 3 N–H and O–H groups in total. The summed E-state index contributed by atoms with van der Waals surface area (Å²) < 4.78 is 72.6. The first kappa shape index (κ1) is 35.9. The lowest BCUT2D eigenvalue weighted by Gasteiger charge is -2.27. The third kappa shape index (κ3) is 6.46. The van der Waals surface area contributed by atoms with Gasteiger partial charge in [-0.05, 0) is 42.7 Å². The van der Waals surface area contributed by atoms with Crippen LogP contribution >= 0.6 is 0 Å². The molecule has 278 valence electrons. The maximum atomic E-state index is 15.7. The number of anilines is 1. The molecule has 2 saturated heterocycles.